The van der Waals surface area contributed by atoms with Gasteiger partial charge in [0, 0.05) is 41.5 Å². The molecule has 4 rings (SSSR count). The molecule has 1 heterocycles. The van der Waals surface area contributed by atoms with Crippen LogP contribution in [-0.4, -0.2) is 24.9 Å². The third kappa shape index (κ3) is 5.63. The summed E-state index contributed by atoms with van der Waals surface area (Å²) in [4.78, 5) is 26.9. The van der Waals surface area contributed by atoms with E-state index in [1.165, 1.54) is 19.3 Å². The number of piperidine rings is 1. The lowest BCUT2D eigenvalue weighted by Gasteiger charge is -2.28. The lowest BCUT2D eigenvalue weighted by atomic mass is 10.1. The Kier molecular flexibility index (Phi) is 6.47. The Bertz CT molecular complexity index is 1010. The zero-order chi connectivity index (χ0) is 21.5. The van der Waals surface area contributed by atoms with Gasteiger partial charge in [0.1, 0.15) is 0 Å². The summed E-state index contributed by atoms with van der Waals surface area (Å²) in [6, 6.07) is 24.6. The first-order chi connectivity index (χ1) is 15.2. The number of benzene rings is 3. The van der Waals surface area contributed by atoms with Crippen LogP contribution in [0.15, 0.2) is 78.9 Å². The second-order valence-corrected chi connectivity index (χ2v) is 7.57. The van der Waals surface area contributed by atoms with Gasteiger partial charge >= 0.3 is 11.8 Å². The van der Waals surface area contributed by atoms with E-state index >= 15 is 0 Å². The molecule has 0 radical (unpaired) electrons. The Morgan fingerprint density at radius 3 is 1.65 bits per heavy atom. The van der Waals surface area contributed by atoms with Gasteiger partial charge in [0.15, 0.2) is 0 Å². The van der Waals surface area contributed by atoms with Gasteiger partial charge in [-0.15, -0.1) is 0 Å². The van der Waals surface area contributed by atoms with E-state index in [4.69, 9.17) is 0 Å². The minimum absolute atomic E-state index is 0.555. The molecule has 1 saturated heterocycles. The van der Waals surface area contributed by atoms with Crippen LogP contribution in [0.3, 0.4) is 0 Å². The Morgan fingerprint density at radius 2 is 1.06 bits per heavy atom. The summed E-state index contributed by atoms with van der Waals surface area (Å²) in [7, 11) is 0. The largest absolute Gasteiger partial charge is 0.372 e. The highest BCUT2D eigenvalue weighted by molar-refractivity contribution is 6.43. The van der Waals surface area contributed by atoms with Crippen molar-refractivity contribution in [3.05, 3.63) is 78.9 Å². The second-order valence-electron chi connectivity index (χ2n) is 7.57. The van der Waals surface area contributed by atoms with Gasteiger partial charge in [-0.2, -0.15) is 0 Å². The number of nitrogens with zero attached hydrogens (tertiary/aromatic N) is 1. The van der Waals surface area contributed by atoms with E-state index < -0.39 is 11.8 Å². The van der Waals surface area contributed by atoms with Gasteiger partial charge in [0.05, 0.1) is 0 Å². The Morgan fingerprint density at radius 1 is 0.581 bits per heavy atom. The molecule has 0 unspecified atom stereocenters. The van der Waals surface area contributed by atoms with Crippen LogP contribution < -0.4 is 20.9 Å². The first-order valence-corrected chi connectivity index (χ1v) is 10.6. The van der Waals surface area contributed by atoms with Crippen molar-refractivity contribution in [2.75, 3.05) is 33.9 Å². The van der Waals surface area contributed by atoms with E-state index in [-0.39, 0.29) is 0 Å². The predicted octanol–water partition coefficient (Wildman–Crippen LogP) is 5.00. The number of hydrogen-bond donors (Lipinski definition) is 3. The fraction of sp³-hybridized carbons (Fsp3) is 0.200. The number of carbonyl (C=O) groups is 2. The first kappa shape index (κ1) is 20.5. The Hall–Kier alpha value is -3.80. The van der Waals surface area contributed by atoms with Gasteiger partial charge < -0.3 is 20.9 Å². The van der Waals surface area contributed by atoms with Crippen molar-refractivity contribution < 1.29 is 9.59 Å². The monoisotopic (exact) mass is 414 g/mol. The number of amides is 2. The zero-order valence-electron chi connectivity index (χ0n) is 17.3. The van der Waals surface area contributed by atoms with Crippen molar-refractivity contribution in [3.63, 3.8) is 0 Å². The second kappa shape index (κ2) is 9.80. The molecule has 0 aromatic heterocycles. The van der Waals surface area contributed by atoms with Gasteiger partial charge in [-0.05, 0) is 79.9 Å². The van der Waals surface area contributed by atoms with Crippen molar-refractivity contribution in [2.24, 2.45) is 0 Å². The maximum Gasteiger partial charge on any atom is 0.314 e. The molecular weight excluding hydrogens is 388 g/mol. The maximum atomic E-state index is 12.3. The Balaban J connectivity index is 1.29. The lowest BCUT2D eigenvalue weighted by Crippen LogP contribution is -2.30. The van der Waals surface area contributed by atoms with Crippen molar-refractivity contribution >= 4 is 40.3 Å². The zero-order valence-corrected chi connectivity index (χ0v) is 17.3. The molecule has 1 aliphatic heterocycles. The van der Waals surface area contributed by atoms with Crippen LogP contribution in [0.2, 0.25) is 0 Å². The molecule has 3 aromatic carbocycles. The van der Waals surface area contributed by atoms with Crippen LogP contribution in [0.5, 0.6) is 0 Å². The molecule has 158 valence electrons. The Labute approximate surface area is 182 Å². The van der Waals surface area contributed by atoms with Gasteiger partial charge in [0.25, 0.3) is 0 Å². The molecule has 1 aliphatic rings. The van der Waals surface area contributed by atoms with E-state index in [9.17, 15) is 9.59 Å². The van der Waals surface area contributed by atoms with Crippen LogP contribution in [0.4, 0.5) is 28.4 Å². The van der Waals surface area contributed by atoms with Crippen LogP contribution in [0.25, 0.3) is 0 Å². The standard InChI is InChI=1S/C25H26N4O2/c30-24(27-21-11-9-20(10-12-21)26-19-7-3-1-4-8-19)25(31)28-22-13-15-23(16-14-22)29-17-5-2-6-18-29/h1,3-4,7-16,26H,2,5-6,17-18H2,(H,27,30)(H,28,31). The van der Waals surface area contributed by atoms with Crippen LogP contribution >= 0.6 is 0 Å². The molecule has 1 fully saturated rings. The topological polar surface area (TPSA) is 73.5 Å². The van der Waals surface area contributed by atoms with Gasteiger partial charge in [-0.3, -0.25) is 9.59 Å². The minimum atomic E-state index is -0.705. The molecule has 0 atom stereocenters. The van der Waals surface area contributed by atoms with Crippen molar-refractivity contribution in [1.29, 1.82) is 0 Å². The number of nitrogens with one attached hydrogen (secondary N) is 3. The van der Waals surface area contributed by atoms with E-state index in [0.29, 0.717) is 11.4 Å². The molecule has 0 saturated carbocycles. The summed E-state index contributed by atoms with van der Waals surface area (Å²) >= 11 is 0. The molecule has 2 amide bonds. The summed E-state index contributed by atoms with van der Waals surface area (Å²) in [6.07, 6.45) is 3.70. The molecule has 6 heteroatoms. The predicted molar refractivity (Wildman–Crippen MR) is 126 cm³/mol. The average molecular weight is 415 g/mol. The average Bonchev–Trinajstić information content (AvgIpc) is 2.82. The number of anilines is 5. The molecule has 3 N–H and O–H groups in total. The fourth-order valence-corrected chi connectivity index (χ4v) is 3.61. The highest BCUT2D eigenvalue weighted by atomic mass is 16.2. The molecular formula is C25H26N4O2. The summed E-state index contributed by atoms with van der Waals surface area (Å²) in [6.45, 7) is 2.13. The molecule has 0 bridgehead atoms. The molecule has 0 spiro atoms. The summed E-state index contributed by atoms with van der Waals surface area (Å²) < 4.78 is 0. The van der Waals surface area contributed by atoms with Crippen LogP contribution in [0, 0.1) is 0 Å². The third-order valence-corrected chi connectivity index (χ3v) is 5.26. The molecule has 6 nitrogen and oxygen atoms in total. The fourth-order valence-electron chi connectivity index (χ4n) is 3.61. The quantitative estimate of drug-likeness (QED) is 0.514. The normalized spacial score (nSPS) is 13.4. The summed E-state index contributed by atoms with van der Waals surface area (Å²) in [5.41, 5.74) is 4.17. The molecule has 31 heavy (non-hydrogen) atoms. The summed E-state index contributed by atoms with van der Waals surface area (Å²) in [5.74, 6) is -1.40. The van der Waals surface area contributed by atoms with E-state index in [0.717, 1.165) is 30.2 Å². The van der Waals surface area contributed by atoms with E-state index in [2.05, 4.69) is 20.9 Å². The highest BCUT2D eigenvalue weighted by Crippen LogP contribution is 2.22. The van der Waals surface area contributed by atoms with Crippen molar-refractivity contribution in [3.8, 4) is 0 Å². The molecule has 0 aliphatic carbocycles. The van der Waals surface area contributed by atoms with Crippen molar-refractivity contribution in [2.45, 2.75) is 19.3 Å². The smallest absolute Gasteiger partial charge is 0.314 e. The van der Waals surface area contributed by atoms with Gasteiger partial charge in [0.2, 0.25) is 0 Å². The number of carbonyl (C=O) groups excluding carboxylic acids is 2. The highest BCUT2D eigenvalue weighted by Gasteiger charge is 2.15. The number of para-hydroxylation sites is 1. The third-order valence-electron chi connectivity index (χ3n) is 5.26. The molecule has 3 aromatic rings. The van der Waals surface area contributed by atoms with Gasteiger partial charge in [-0.1, -0.05) is 18.2 Å². The summed E-state index contributed by atoms with van der Waals surface area (Å²) in [5, 5.41) is 8.56. The lowest BCUT2D eigenvalue weighted by molar-refractivity contribution is -0.132. The number of rotatable bonds is 5. The van der Waals surface area contributed by atoms with Crippen LogP contribution in [-0.2, 0) is 9.59 Å². The number of hydrogen-bond acceptors (Lipinski definition) is 4. The van der Waals surface area contributed by atoms with Crippen molar-refractivity contribution in [1.82, 2.24) is 0 Å². The minimum Gasteiger partial charge on any atom is -0.372 e. The SMILES string of the molecule is O=C(Nc1ccc(Nc2ccccc2)cc1)C(=O)Nc1ccc(N2CCCCC2)cc1. The van der Waals surface area contributed by atoms with Gasteiger partial charge in [-0.25, -0.2) is 0 Å². The maximum absolute atomic E-state index is 12.3. The van der Waals surface area contributed by atoms with E-state index in [1.54, 1.807) is 12.1 Å². The van der Waals surface area contributed by atoms with Crippen LogP contribution in [0.1, 0.15) is 19.3 Å². The van der Waals surface area contributed by atoms with E-state index in [1.807, 2.05) is 66.7 Å². The first-order valence-electron chi connectivity index (χ1n) is 10.6.